The highest BCUT2D eigenvalue weighted by molar-refractivity contribution is 5.76. The van der Waals surface area contributed by atoms with Crippen molar-refractivity contribution in [2.24, 2.45) is 0 Å². The van der Waals surface area contributed by atoms with E-state index in [0.717, 1.165) is 30.2 Å². The number of carbonyl (C=O) groups excluding carboxylic acids is 1. The topological polar surface area (TPSA) is 78.9 Å². The van der Waals surface area contributed by atoms with E-state index < -0.39 is 0 Å². The summed E-state index contributed by atoms with van der Waals surface area (Å²) in [6.07, 6.45) is 2.90. The van der Waals surface area contributed by atoms with Crippen molar-refractivity contribution in [2.75, 3.05) is 23.7 Å². The summed E-state index contributed by atoms with van der Waals surface area (Å²) in [6, 6.07) is 0.226. The van der Waals surface area contributed by atoms with Crippen LogP contribution in [0.3, 0.4) is 0 Å². The first-order valence-electron chi connectivity index (χ1n) is 7.17. The summed E-state index contributed by atoms with van der Waals surface area (Å²) in [4.78, 5) is 20.0. The van der Waals surface area contributed by atoms with Crippen molar-refractivity contribution in [3.63, 3.8) is 0 Å². The van der Waals surface area contributed by atoms with Crippen LogP contribution in [0, 0.1) is 6.92 Å². The normalized spacial score (nSPS) is 11.8. The molecule has 0 aromatic carbocycles. The lowest BCUT2D eigenvalue weighted by molar-refractivity contribution is -0.121. The molecule has 6 heteroatoms. The molecule has 1 amide bonds. The minimum absolute atomic E-state index is 0.0606. The van der Waals surface area contributed by atoms with Crippen molar-refractivity contribution in [1.29, 1.82) is 0 Å². The van der Waals surface area contributed by atoms with Gasteiger partial charge < -0.3 is 16.0 Å². The maximum Gasteiger partial charge on any atom is 0.221 e. The molecule has 0 saturated carbocycles. The Kier molecular flexibility index (Phi) is 6.76. The third-order valence-corrected chi connectivity index (χ3v) is 3.09. The molecular weight excluding hydrogens is 254 g/mol. The Bertz CT molecular complexity index is 436. The van der Waals surface area contributed by atoms with Gasteiger partial charge in [0.05, 0.1) is 0 Å². The van der Waals surface area contributed by atoms with E-state index in [-0.39, 0.29) is 11.9 Å². The van der Waals surface area contributed by atoms with Crippen LogP contribution in [0.15, 0.2) is 6.33 Å². The average molecular weight is 279 g/mol. The number of hydrogen-bond donors (Lipinski definition) is 3. The second kappa shape index (κ2) is 8.35. The van der Waals surface area contributed by atoms with Gasteiger partial charge in [-0.3, -0.25) is 4.79 Å². The van der Waals surface area contributed by atoms with E-state index in [1.54, 1.807) is 0 Å². The predicted molar refractivity (Wildman–Crippen MR) is 81.9 cm³/mol. The molecule has 0 bridgehead atoms. The molecule has 0 aliphatic carbocycles. The first-order chi connectivity index (χ1) is 9.58. The average Bonchev–Trinajstić information content (AvgIpc) is 2.43. The molecule has 6 nitrogen and oxygen atoms in total. The van der Waals surface area contributed by atoms with Crippen molar-refractivity contribution in [2.45, 2.75) is 46.6 Å². The maximum atomic E-state index is 11.7. The van der Waals surface area contributed by atoms with Crippen molar-refractivity contribution in [3.8, 4) is 0 Å². The van der Waals surface area contributed by atoms with Crippen LogP contribution >= 0.6 is 0 Å². The number of anilines is 2. The molecule has 0 radical (unpaired) electrons. The molecule has 0 aliphatic heterocycles. The number of hydrogen-bond acceptors (Lipinski definition) is 5. The zero-order valence-electron chi connectivity index (χ0n) is 12.8. The number of aromatic nitrogens is 2. The number of nitrogens with zero attached hydrogens (tertiary/aromatic N) is 2. The Balaban J connectivity index is 2.46. The molecule has 1 aromatic heterocycles. The number of amides is 1. The standard InChI is InChI=1S/C14H25N5O/c1-5-10(3)19-12(20)7-8-16-14-11(4)13(15-6-2)17-9-18-14/h9-10H,5-8H2,1-4H3,(H,19,20)(H2,15,16,17,18). The van der Waals surface area contributed by atoms with Gasteiger partial charge in [-0.15, -0.1) is 0 Å². The monoisotopic (exact) mass is 279 g/mol. The minimum atomic E-state index is 0.0606. The van der Waals surface area contributed by atoms with Crippen molar-refractivity contribution in [1.82, 2.24) is 15.3 Å². The largest absolute Gasteiger partial charge is 0.370 e. The van der Waals surface area contributed by atoms with Crippen molar-refractivity contribution >= 4 is 17.5 Å². The zero-order chi connectivity index (χ0) is 15.0. The molecule has 0 spiro atoms. The molecule has 20 heavy (non-hydrogen) atoms. The zero-order valence-corrected chi connectivity index (χ0v) is 12.8. The molecule has 1 aromatic rings. The van der Waals surface area contributed by atoms with Gasteiger partial charge in [-0.05, 0) is 27.2 Å². The summed E-state index contributed by atoms with van der Waals surface area (Å²) in [6.45, 7) is 9.41. The van der Waals surface area contributed by atoms with Gasteiger partial charge in [-0.25, -0.2) is 9.97 Å². The fraction of sp³-hybridized carbons (Fsp3) is 0.643. The van der Waals surface area contributed by atoms with E-state index in [0.29, 0.717) is 13.0 Å². The molecular formula is C14H25N5O. The van der Waals surface area contributed by atoms with Gasteiger partial charge in [0.25, 0.3) is 0 Å². The second-order valence-electron chi connectivity index (χ2n) is 4.78. The molecule has 0 fully saturated rings. The predicted octanol–water partition coefficient (Wildman–Crippen LogP) is 1.93. The molecule has 1 rings (SSSR count). The van der Waals surface area contributed by atoms with E-state index >= 15 is 0 Å². The Morgan fingerprint density at radius 1 is 1.25 bits per heavy atom. The van der Waals surface area contributed by atoms with Gasteiger partial charge in [-0.2, -0.15) is 0 Å². The van der Waals surface area contributed by atoms with E-state index in [4.69, 9.17) is 0 Å². The van der Waals surface area contributed by atoms with Gasteiger partial charge in [0.1, 0.15) is 18.0 Å². The van der Waals surface area contributed by atoms with Crippen LogP contribution in [0.5, 0.6) is 0 Å². The number of rotatable bonds is 8. The highest BCUT2D eigenvalue weighted by atomic mass is 16.1. The highest BCUT2D eigenvalue weighted by Gasteiger charge is 2.08. The van der Waals surface area contributed by atoms with Crippen molar-refractivity contribution in [3.05, 3.63) is 11.9 Å². The molecule has 0 saturated heterocycles. The third kappa shape index (κ3) is 5.03. The van der Waals surface area contributed by atoms with Crippen LogP contribution in [-0.2, 0) is 4.79 Å². The Hall–Kier alpha value is -1.85. The summed E-state index contributed by atoms with van der Waals surface area (Å²) in [7, 11) is 0. The number of carbonyl (C=O) groups is 1. The molecule has 112 valence electrons. The van der Waals surface area contributed by atoms with Crippen LogP contribution in [0.2, 0.25) is 0 Å². The SMILES string of the molecule is CCNc1ncnc(NCCC(=O)NC(C)CC)c1C. The van der Waals surface area contributed by atoms with E-state index in [1.165, 1.54) is 6.33 Å². The molecule has 1 heterocycles. The van der Waals surface area contributed by atoms with Crippen LogP contribution in [-0.4, -0.2) is 35.0 Å². The Morgan fingerprint density at radius 3 is 2.50 bits per heavy atom. The van der Waals surface area contributed by atoms with E-state index in [1.807, 2.05) is 20.8 Å². The summed E-state index contributed by atoms with van der Waals surface area (Å²) in [5.74, 6) is 1.66. The quantitative estimate of drug-likeness (QED) is 0.677. The van der Waals surface area contributed by atoms with Crippen LogP contribution in [0.25, 0.3) is 0 Å². The van der Waals surface area contributed by atoms with Crippen LogP contribution in [0.4, 0.5) is 11.6 Å². The summed E-state index contributed by atoms with van der Waals surface area (Å²) in [5.41, 5.74) is 0.969. The van der Waals surface area contributed by atoms with E-state index in [9.17, 15) is 4.79 Å². The number of nitrogens with one attached hydrogen (secondary N) is 3. The lowest BCUT2D eigenvalue weighted by Crippen LogP contribution is -2.33. The van der Waals surface area contributed by atoms with E-state index in [2.05, 4.69) is 32.8 Å². The highest BCUT2D eigenvalue weighted by Crippen LogP contribution is 2.17. The minimum Gasteiger partial charge on any atom is -0.370 e. The molecule has 1 unspecified atom stereocenters. The first kappa shape index (κ1) is 16.2. The lowest BCUT2D eigenvalue weighted by atomic mass is 10.2. The lowest BCUT2D eigenvalue weighted by Gasteiger charge is -2.13. The molecule has 3 N–H and O–H groups in total. The summed E-state index contributed by atoms with van der Waals surface area (Å²) in [5, 5.41) is 9.30. The van der Waals surface area contributed by atoms with Gasteiger partial charge in [0.2, 0.25) is 5.91 Å². The van der Waals surface area contributed by atoms with Crippen molar-refractivity contribution < 1.29 is 4.79 Å². The molecule has 1 atom stereocenters. The smallest absolute Gasteiger partial charge is 0.221 e. The summed E-state index contributed by atoms with van der Waals surface area (Å²) < 4.78 is 0. The van der Waals surface area contributed by atoms with Gasteiger partial charge >= 0.3 is 0 Å². The van der Waals surface area contributed by atoms with Gasteiger partial charge in [0.15, 0.2) is 0 Å². The summed E-state index contributed by atoms with van der Waals surface area (Å²) >= 11 is 0. The maximum absolute atomic E-state index is 11.7. The van der Waals surface area contributed by atoms with Crippen LogP contribution in [0.1, 0.15) is 39.2 Å². The molecule has 0 aliphatic rings. The third-order valence-electron chi connectivity index (χ3n) is 3.09. The first-order valence-corrected chi connectivity index (χ1v) is 7.17. The van der Waals surface area contributed by atoms with Gasteiger partial charge in [-0.1, -0.05) is 6.92 Å². The van der Waals surface area contributed by atoms with Gasteiger partial charge in [0, 0.05) is 31.1 Å². The second-order valence-corrected chi connectivity index (χ2v) is 4.78. The van der Waals surface area contributed by atoms with Crippen LogP contribution < -0.4 is 16.0 Å². The fourth-order valence-electron chi connectivity index (χ4n) is 1.72. The fourth-order valence-corrected chi connectivity index (χ4v) is 1.72. The Labute approximate surface area is 120 Å². The Morgan fingerprint density at radius 2 is 1.90 bits per heavy atom.